The standard InChI is InChI=1S/C28H52O4Si/c1-9-10-21-28(5,6)25(32-33(7,8)27(2,3)4)20-18-22-17-19-24(29)23(22)15-13-11-12-14-16-26(30)31/h11,13,22-23,25H,9-10,12,14-21H2,1-8H3,(H,30,31)/b13-11-. The van der Waals surface area contributed by atoms with Crippen LogP contribution in [-0.2, 0) is 14.0 Å². The quantitative estimate of drug-likeness (QED) is 0.146. The molecule has 192 valence electrons. The first-order valence-electron chi connectivity index (χ1n) is 13.3. The van der Waals surface area contributed by atoms with Crippen LogP contribution in [0.3, 0.4) is 0 Å². The third-order valence-corrected chi connectivity index (χ3v) is 12.6. The van der Waals surface area contributed by atoms with E-state index in [9.17, 15) is 9.59 Å². The van der Waals surface area contributed by atoms with Crippen LogP contribution in [0.2, 0.25) is 18.1 Å². The Kier molecular flexibility index (Phi) is 12.1. The van der Waals surface area contributed by atoms with Gasteiger partial charge in [-0.25, -0.2) is 0 Å². The van der Waals surface area contributed by atoms with Crippen molar-refractivity contribution in [1.29, 1.82) is 0 Å². The number of carboxylic acid groups (broad SMARTS) is 1. The topological polar surface area (TPSA) is 63.6 Å². The molecule has 0 radical (unpaired) electrons. The number of hydrogen-bond acceptors (Lipinski definition) is 3. The van der Waals surface area contributed by atoms with Gasteiger partial charge in [-0.3, -0.25) is 9.59 Å². The van der Waals surface area contributed by atoms with Crippen LogP contribution in [0.1, 0.15) is 112 Å². The smallest absolute Gasteiger partial charge is 0.303 e. The number of rotatable bonds is 15. The Balaban J connectivity index is 2.81. The summed E-state index contributed by atoms with van der Waals surface area (Å²) in [5.74, 6) is 0.217. The van der Waals surface area contributed by atoms with Gasteiger partial charge in [0.2, 0.25) is 0 Å². The summed E-state index contributed by atoms with van der Waals surface area (Å²) >= 11 is 0. The highest BCUT2D eigenvalue weighted by molar-refractivity contribution is 6.74. The number of allylic oxidation sites excluding steroid dienone is 2. The molecule has 33 heavy (non-hydrogen) atoms. The van der Waals surface area contributed by atoms with Crippen LogP contribution in [0, 0.1) is 17.3 Å². The lowest BCUT2D eigenvalue weighted by Crippen LogP contribution is -2.48. The molecule has 1 rings (SSSR count). The molecule has 1 saturated carbocycles. The maximum Gasteiger partial charge on any atom is 0.303 e. The first kappa shape index (κ1) is 30.1. The first-order chi connectivity index (χ1) is 15.2. The molecule has 0 heterocycles. The molecule has 3 atom stereocenters. The minimum Gasteiger partial charge on any atom is -0.481 e. The zero-order chi connectivity index (χ0) is 25.3. The van der Waals surface area contributed by atoms with Crippen molar-refractivity contribution < 1.29 is 19.1 Å². The van der Waals surface area contributed by atoms with Crippen LogP contribution in [0.25, 0.3) is 0 Å². The minimum absolute atomic E-state index is 0.119. The van der Waals surface area contributed by atoms with Crippen LogP contribution >= 0.6 is 0 Å². The van der Waals surface area contributed by atoms with E-state index in [1.54, 1.807) is 0 Å². The molecule has 0 saturated heterocycles. The van der Waals surface area contributed by atoms with Gasteiger partial charge in [-0.1, -0.05) is 66.5 Å². The predicted octanol–water partition coefficient (Wildman–Crippen LogP) is 8.17. The molecular formula is C28H52O4Si. The van der Waals surface area contributed by atoms with Crippen molar-refractivity contribution in [3.63, 3.8) is 0 Å². The number of hydrogen-bond donors (Lipinski definition) is 1. The van der Waals surface area contributed by atoms with Crippen LogP contribution in [0.15, 0.2) is 12.2 Å². The first-order valence-corrected chi connectivity index (χ1v) is 16.2. The lowest BCUT2D eigenvalue weighted by molar-refractivity contribution is -0.137. The largest absolute Gasteiger partial charge is 0.481 e. The summed E-state index contributed by atoms with van der Waals surface area (Å²) in [6, 6.07) is 0. The van der Waals surface area contributed by atoms with Crippen molar-refractivity contribution in [2.75, 3.05) is 0 Å². The van der Waals surface area contributed by atoms with E-state index >= 15 is 0 Å². The maximum absolute atomic E-state index is 12.6. The third-order valence-electron chi connectivity index (χ3n) is 8.15. The van der Waals surface area contributed by atoms with Crippen LogP contribution < -0.4 is 0 Å². The molecular weight excluding hydrogens is 428 g/mol. The summed E-state index contributed by atoms with van der Waals surface area (Å²) in [6.07, 6.45) is 14.2. The summed E-state index contributed by atoms with van der Waals surface area (Å²) < 4.78 is 7.02. The number of carbonyl (C=O) groups is 2. The number of carbonyl (C=O) groups excluding carboxylic acids is 1. The number of carboxylic acids is 1. The Morgan fingerprint density at radius 2 is 1.85 bits per heavy atom. The molecule has 0 aromatic carbocycles. The third kappa shape index (κ3) is 10.1. The molecule has 1 aliphatic rings. The number of Topliss-reactive ketones (excluding diaryl/α,β-unsaturated/α-hetero) is 1. The Hall–Kier alpha value is -0.943. The van der Waals surface area contributed by atoms with Gasteiger partial charge in [-0.05, 0) is 74.4 Å². The number of unbranched alkanes of at least 4 members (excludes halogenated alkanes) is 2. The van der Waals surface area contributed by atoms with Gasteiger partial charge < -0.3 is 9.53 Å². The second-order valence-electron chi connectivity index (χ2n) is 12.4. The highest BCUT2D eigenvalue weighted by Crippen LogP contribution is 2.44. The molecule has 0 bridgehead atoms. The van der Waals surface area contributed by atoms with Crippen LogP contribution in [-0.4, -0.2) is 31.3 Å². The van der Waals surface area contributed by atoms with Gasteiger partial charge in [0.05, 0.1) is 6.10 Å². The van der Waals surface area contributed by atoms with E-state index in [0.717, 1.165) is 32.1 Å². The average Bonchev–Trinajstić information content (AvgIpc) is 3.04. The van der Waals surface area contributed by atoms with E-state index in [1.807, 2.05) is 0 Å². The van der Waals surface area contributed by atoms with Crippen molar-refractivity contribution in [3.05, 3.63) is 12.2 Å². The average molecular weight is 481 g/mol. The van der Waals surface area contributed by atoms with Gasteiger partial charge in [-0.15, -0.1) is 0 Å². The zero-order valence-electron chi connectivity index (χ0n) is 22.8. The van der Waals surface area contributed by atoms with E-state index < -0.39 is 14.3 Å². The normalized spacial score (nSPS) is 21.2. The summed E-state index contributed by atoms with van der Waals surface area (Å²) in [6.45, 7) is 18.6. The van der Waals surface area contributed by atoms with Gasteiger partial charge in [0.1, 0.15) is 5.78 Å². The maximum atomic E-state index is 12.6. The lowest BCUT2D eigenvalue weighted by atomic mass is 9.77. The molecule has 0 aromatic heterocycles. The summed E-state index contributed by atoms with van der Waals surface area (Å²) in [5, 5.41) is 8.94. The Morgan fingerprint density at radius 1 is 1.18 bits per heavy atom. The molecule has 1 aliphatic carbocycles. The second kappa shape index (κ2) is 13.2. The van der Waals surface area contributed by atoms with Crippen molar-refractivity contribution in [2.45, 2.75) is 136 Å². The number of aliphatic carboxylic acids is 1. The summed E-state index contributed by atoms with van der Waals surface area (Å²) in [7, 11) is -1.89. The van der Waals surface area contributed by atoms with Gasteiger partial charge in [-0.2, -0.15) is 0 Å². The fraction of sp³-hybridized carbons (Fsp3) is 0.857. The highest BCUT2D eigenvalue weighted by Gasteiger charge is 2.43. The van der Waals surface area contributed by atoms with Gasteiger partial charge in [0.15, 0.2) is 8.32 Å². The molecule has 0 aromatic rings. The predicted molar refractivity (Wildman–Crippen MR) is 141 cm³/mol. The fourth-order valence-corrected chi connectivity index (χ4v) is 6.18. The Bertz CT molecular complexity index is 645. The van der Waals surface area contributed by atoms with E-state index in [-0.39, 0.29) is 28.9 Å². The highest BCUT2D eigenvalue weighted by atomic mass is 28.4. The molecule has 1 N–H and O–H groups in total. The van der Waals surface area contributed by atoms with E-state index in [0.29, 0.717) is 24.5 Å². The summed E-state index contributed by atoms with van der Waals surface area (Å²) in [4.78, 5) is 23.2. The molecule has 0 aliphatic heterocycles. The molecule has 3 unspecified atom stereocenters. The zero-order valence-corrected chi connectivity index (χ0v) is 23.8. The molecule has 5 heteroatoms. The fourth-order valence-electron chi connectivity index (χ4n) is 4.68. The molecule has 1 fully saturated rings. The lowest BCUT2D eigenvalue weighted by Gasteiger charge is -2.45. The van der Waals surface area contributed by atoms with E-state index in [4.69, 9.17) is 9.53 Å². The van der Waals surface area contributed by atoms with E-state index in [1.165, 1.54) is 19.3 Å². The van der Waals surface area contributed by atoms with Gasteiger partial charge >= 0.3 is 5.97 Å². The molecule has 4 nitrogen and oxygen atoms in total. The van der Waals surface area contributed by atoms with Crippen LogP contribution in [0.5, 0.6) is 0 Å². The second-order valence-corrected chi connectivity index (χ2v) is 17.2. The van der Waals surface area contributed by atoms with Crippen molar-refractivity contribution in [2.24, 2.45) is 17.3 Å². The van der Waals surface area contributed by atoms with Crippen molar-refractivity contribution in [3.8, 4) is 0 Å². The van der Waals surface area contributed by atoms with Crippen molar-refractivity contribution >= 4 is 20.1 Å². The Morgan fingerprint density at radius 3 is 2.42 bits per heavy atom. The number of ketones is 1. The monoisotopic (exact) mass is 480 g/mol. The molecule has 0 spiro atoms. The van der Waals surface area contributed by atoms with E-state index in [2.05, 4.69) is 66.8 Å². The SMILES string of the molecule is CCCCC(C)(C)C(CCC1CCC(=O)C1C/C=C\CCCC(=O)O)O[Si](C)(C)C(C)(C)C. The molecule has 0 amide bonds. The summed E-state index contributed by atoms with van der Waals surface area (Å²) in [5.41, 5.74) is 0.133. The van der Waals surface area contributed by atoms with Crippen molar-refractivity contribution in [1.82, 2.24) is 0 Å². The Labute approximate surface area is 205 Å². The minimum atomic E-state index is -1.89. The van der Waals surface area contributed by atoms with Crippen LogP contribution in [0.4, 0.5) is 0 Å². The van der Waals surface area contributed by atoms with Gasteiger partial charge in [0, 0.05) is 18.8 Å². The van der Waals surface area contributed by atoms with Gasteiger partial charge in [0.25, 0.3) is 0 Å².